The summed E-state index contributed by atoms with van der Waals surface area (Å²) < 4.78 is 14.3. The van der Waals surface area contributed by atoms with E-state index >= 15 is 0 Å². The van der Waals surface area contributed by atoms with Crippen LogP contribution >= 0.6 is 34.5 Å². The van der Waals surface area contributed by atoms with Crippen molar-refractivity contribution >= 4 is 68.3 Å². The van der Waals surface area contributed by atoms with Gasteiger partial charge in [-0.05, 0) is 43.3 Å². The van der Waals surface area contributed by atoms with Gasteiger partial charge in [0.2, 0.25) is 5.78 Å². The Hall–Kier alpha value is -3.39. The van der Waals surface area contributed by atoms with E-state index in [1.165, 1.54) is 18.2 Å². The maximum atomic E-state index is 14.3. The molecule has 1 aromatic heterocycles. The normalized spacial score (nSPS) is 10.7. The first-order valence-corrected chi connectivity index (χ1v) is 11.6. The lowest BCUT2D eigenvalue weighted by molar-refractivity contribution is 0.102. The lowest BCUT2D eigenvalue weighted by Crippen LogP contribution is -2.16. The number of rotatable bonds is 6. The molecule has 172 valence electrons. The molecule has 9 heteroatoms. The Morgan fingerprint density at radius 2 is 1.59 bits per heavy atom. The predicted molar refractivity (Wildman–Crippen MR) is 137 cm³/mol. The van der Waals surface area contributed by atoms with Gasteiger partial charge >= 0.3 is 0 Å². The molecule has 0 aliphatic carbocycles. The van der Waals surface area contributed by atoms with Crippen LogP contribution in [-0.2, 0) is 0 Å². The van der Waals surface area contributed by atoms with Gasteiger partial charge in [0, 0.05) is 5.69 Å². The number of nitrogen functional groups attached to an aromatic ring is 1. The van der Waals surface area contributed by atoms with Gasteiger partial charge in [0.05, 0.1) is 32.5 Å². The third-order valence-corrected chi connectivity index (χ3v) is 6.76. The van der Waals surface area contributed by atoms with E-state index in [2.05, 4.69) is 10.6 Å². The van der Waals surface area contributed by atoms with Crippen LogP contribution in [0.3, 0.4) is 0 Å². The Morgan fingerprint density at radius 1 is 0.941 bits per heavy atom. The Labute approximate surface area is 209 Å². The summed E-state index contributed by atoms with van der Waals surface area (Å²) in [4.78, 5) is 26.5. The highest BCUT2D eigenvalue weighted by atomic mass is 35.5. The van der Waals surface area contributed by atoms with Gasteiger partial charge in [0.1, 0.15) is 15.7 Å². The van der Waals surface area contributed by atoms with E-state index in [-0.39, 0.29) is 37.4 Å². The summed E-state index contributed by atoms with van der Waals surface area (Å²) in [6.07, 6.45) is 0. The SMILES string of the molecule is Cc1ccc(Nc2sc(C(=O)c3ccccc3F)c(N)c2C(=O)Nc2c(Cl)cccc2Cl)cc1. The van der Waals surface area contributed by atoms with Crippen LogP contribution in [0.5, 0.6) is 0 Å². The molecule has 0 aliphatic rings. The number of nitrogens with one attached hydrogen (secondary N) is 2. The smallest absolute Gasteiger partial charge is 0.260 e. The van der Waals surface area contributed by atoms with Crippen molar-refractivity contribution < 1.29 is 14.0 Å². The second kappa shape index (κ2) is 9.85. The lowest BCUT2D eigenvalue weighted by Gasteiger charge is -2.11. The van der Waals surface area contributed by atoms with Crippen molar-refractivity contribution in [3.63, 3.8) is 0 Å². The summed E-state index contributed by atoms with van der Waals surface area (Å²) in [5.74, 6) is -1.92. The number of anilines is 4. The molecule has 0 aliphatic heterocycles. The second-order valence-corrected chi connectivity index (χ2v) is 9.23. The number of para-hydroxylation sites is 1. The van der Waals surface area contributed by atoms with Crippen molar-refractivity contribution in [1.29, 1.82) is 0 Å². The van der Waals surface area contributed by atoms with Gasteiger partial charge in [-0.3, -0.25) is 9.59 Å². The minimum atomic E-state index is -0.679. The number of hydrogen-bond donors (Lipinski definition) is 3. The number of amides is 1. The molecule has 34 heavy (non-hydrogen) atoms. The molecule has 0 saturated heterocycles. The fraction of sp³-hybridized carbons (Fsp3) is 0.0400. The Balaban J connectivity index is 1.79. The van der Waals surface area contributed by atoms with Crippen LogP contribution in [0.2, 0.25) is 10.0 Å². The van der Waals surface area contributed by atoms with Gasteiger partial charge in [-0.1, -0.05) is 59.1 Å². The number of benzene rings is 3. The summed E-state index contributed by atoms with van der Waals surface area (Å²) in [5.41, 5.74) is 8.06. The minimum absolute atomic E-state index is 0.0289. The Bertz CT molecular complexity index is 1380. The molecule has 0 atom stereocenters. The molecule has 0 bridgehead atoms. The number of nitrogens with two attached hydrogens (primary N) is 1. The van der Waals surface area contributed by atoms with Crippen molar-refractivity contribution in [2.45, 2.75) is 6.92 Å². The molecular weight excluding hydrogens is 496 g/mol. The Kier molecular flexibility index (Phi) is 6.88. The third-order valence-electron chi connectivity index (χ3n) is 5.01. The van der Waals surface area contributed by atoms with Crippen LogP contribution in [0, 0.1) is 12.7 Å². The fourth-order valence-corrected chi connectivity index (χ4v) is 4.84. The number of hydrogen-bond acceptors (Lipinski definition) is 5. The number of thiophene rings is 1. The largest absolute Gasteiger partial charge is 0.397 e. The van der Waals surface area contributed by atoms with Gasteiger partial charge in [0.15, 0.2) is 0 Å². The first-order valence-electron chi connectivity index (χ1n) is 10.1. The molecule has 3 aromatic carbocycles. The van der Waals surface area contributed by atoms with Gasteiger partial charge in [-0.25, -0.2) is 4.39 Å². The van der Waals surface area contributed by atoms with E-state index in [1.54, 1.807) is 24.3 Å². The van der Waals surface area contributed by atoms with Gasteiger partial charge < -0.3 is 16.4 Å². The van der Waals surface area contributed by atoms with E-state index in [4.69, 9.17) is 28.9 Å². The topological polar surface area (TPSA) is 84.2 Å². The zero-order chi connectivity index (χ0) is 24.4. The standard InChI is InChI=1S/C25H18Cl2FN3O2S/c1-13-9-11-14(12-10-13)30-25-19(24(33)31-21-16(26)6-4-7-17(21)27)20(29)23(34-25)22(32)15-5-2-3-8-18(15)28/h2-12,30H,29H2,1H3,(H,31,33). The molecule has 0 saturated carbocycles. The van der Waals surface area contributed by atoms with E-state index < -0.39 is 17.5 Å². The third kappa shape index (κ3) is 4.77. The van der Waals surface area contributed by atoms with Crippen LogP contribution in [0.1, 0.15) is 31.2 Å². The summed E-state index contributed by atoms with van der Waals surface area (Å²) in [5, 5.41) is 6.62. The average molecular weight is 514 g/mol. The van der Waals surface area contributed by atoms with Crippen molar-refractivity contribution in [2.75, 3.05) is 16.4 Å². The van der Waals surface area contributed by atoms with Crippen molar-refractivity contribution in [2.24, 2.45) is 0 Å². The molecule has 0 fully saturated rings. The fourth-order valence-electron chi connectivity index (χ4n) is 3.25. The van der Waals surface area contributed by atoms with E-state index in [0.717, 1.165) is 16.9 Å². The molecule has 1 heterocycles. The quantitative estimate of drug-likeness (QED) is 0.236. The van der Waals surface area contributed by atoms with Crippen LogP contribution in [0.25, 0.3) is 0 Å². The highest BCUT2D eigenvalue weighted by Crippen LogP contribution is 2.40. The summed E-state index contributed by atoms with van der Waals surface area (Å²) in [7, 11) is 0. The number of ketones is 1. The molecule has 5 nitrogen and oxygen atoms in total. The summed E-state index contributed by atoms with van der Waals surface area (Å²) in [6, 6.07) is 17.9. The zero-order valence-electron chi connectivity index (χ0n) is 17.8. The summed E-state index contributed by atoms with van der Waals surface area (Å²) in [6.45, 7) is 1.95. The van der Waals surface area contributed by atoms with E-state index in [1.807, 2.05) is 31.2 Å². The van der Waals surface area contributed by atoms with Crippen LogP contribution < -0.4 is 16.4 Å². The molecule has 0 spiro atoms. The van der Waals surface area contributed by atoms with Crippen molar-refractivity contribution in [3.05, 3.63) is 104 Å². The average Bonchev–Trinajstić information content (AvgIpc) is 3.13. The van der Waals surface area contributed by atoms with Crippen molar-refractivity contribution in [3.8, 4) is 0 Å². The molecule has 0 radical (unpaired) electrons. The number of aryl methyl sites for hydroxylation is 1. The Morgan fingerprint density at radius 3 is 2.24 bits per heavy atom. The zero-order valence-corrected chi connectivity index (χ0v) is 20.1. The molecule has 4 rings (SSSR count). The van der Waals surface area contributed by atoms with Crippen LogP contribution in [0.15, 0.2) is 66.7 Å². The number of carbonyl (C=O) groups excluding carboxylic acids is 2. The van der Waals surface area contributed by atoms with E-state index in [9.17, 15) is 14.0 Å². The monoisotopic (exact) mass is 513 g/mol. The minimum Gasteiger partial charge on any atom is -0.397 e. The maximum absolute atomic E-state index is 14.3. The first kappa shape index (κ1) is 23.8. The highest BCUT2D eigenvalue weighted by Gasteiger charge is 2.28. The molecular formula is C25H18Cl2FN3O2S. The van der Waals surface area contributed by atoms with Crippen LogP contribution in [0.4, 0.5) is 26.5 Å². The predicted octanol–water partition coefficient (Wildman–Crippen LogP) is 7.31. The van der Waals surface area contributed by atoms with Gasteiger partial charge in [-0.2, -0.15) is 0 Å². The number of carbonyl (C=O) groups is 2. The molecule has 4 aromatic rings. The van der Waals surface area contributed by atoms with Gasteiger partial charge in [0.25, 0.3) is 5.91 Å². The summed E-state index contributed by atoms with van der Waals surface area (Å²) >= 11 is 13.4. The maximum Gasteiger partial charge on any atom is 0.260 e. The van der Waals surface area contributed by atoms with E-state index in [0.29, 0.717) is 10.7 Å². The highest BCUT2D eigenvalue weighted by molar-refractivity contribution is 7.19. The first-order chi connectivity index (χ1) is 16.3. The van der Waals surface area contributed by atoms with Gasteiger partial charge in [-0.15, -0.1) is 11.3 Å². The second-order valence-electron chi connectivity index (χ2n) is 7.40. The lowest BCUT2D eigenvalue weighted by atomic mass is 10.1. The molecule has 1 amide bonds. The number of halogens is 3. The van der Waals surface area contributed by atoms with Crippen LogP contribution in [-0.4, -0.2) is 11.7 Å². The molecule has 4 N–H and O–H groups in total. The molecule has 0 unspecified atom stereocenters. The van der Waals surface area contributed by atoms with Crippen molar-refractivity contribution in [1.82, 2.24) is 0 Å².